The highest BCUT2D eigenvalue weighted by molar-refractivity contribution is 8.00. The van der Waals surface area contributed by atoms with Gasteiger partial charge in [0.1, 0.15) is 0 Å². The highest BCUT2D eigenvalue weighted by Crippen LogP contribution is 2.32. The number of carbonyl (C=O) groups is 1. The monoisotopic (exact) mass is 341 g/mol. The van der Waals surface area contributed by atoms with E-state index in [1.807, 2.05) is 12.1 Å². The number of nitrogens with one attached hydrogen (secondary N) is 1. The molecule has 106 valence electrons. The van der Waals surface area contributed by atoms with Gasteiger partial charge in [0.25, 0.3) is 0 Å². The van der Waals surface area contributed by atoms with Gasteiger partial charge in [-0.3, -0.25) is 0 Å². The molecule has 19 heavy (non-hydrogen) atoms. The Morgan fingerprint density at radius 1 is 1.26 bits per heavy atom. The lowest BCUT2D eigenvalue weighted by molar-refractivity contribution is -0.828. The van der Waals surface area contributed by atoms with Crippen LogP contribution in [-0.4, -0.2) is 29.5 Å². The van der Waals surface area contributed by atoms with Gasteiger partial charge in [0.2, 0.25) is 0 Å². The summed E-state index contributed by atoms with van der Waals surface area (Å²) in [6.45, 7) is 1.38. The Kier molecular flexibility index (Phi) is 6.77. The number of hydrogen-bond acceptors (Lipinski definition) is 2. The molecular formula is C12H14Cl3NO2S. The van der Waals surface area contributed by atoms with Crippen molar-refractivity contribution in [2.24, 2.45) is 0 Å². The summed E-state index contributed by atoms with van der Waals surface area (Å²) in [7, 11) is 0. The number of hydrogen-bond donors (Lipinski definition) is 2. The average Bonchev–Trinajstić information content (AvgIpc) is 2.34. The van der Waals surface area contributed by atoms with E-state index in [0.29, 0.717) is 33.3 Å². The number of benzene rings is 1. The van der Waals surface area contributed by atoms with Crippen LogP contribution in [0.15, 0.2) is 23.1 Å². The first-order chi connectivity index (χ1) is 8.56. The fourth-order valence-electron chi connectivity index (χ4n) is 2.01. The van der Waals surface area contributed by atoms with Gasteiger partial charge < -0.3 is 17.5 Å². The van der Waals surface area contributed by atoms with Gasteiger partial charge in [0, 0.05) is 23.0 Å². The van der Waals surface area contributed by atoms with Crippen molar-refractivity contribution in [3.05, 3.63) is 28.2 Å². The Morgan fingerprint density at radius 3 is 2.42 bits per heavy atom. The molecule has 1 aliphatic rings. The lowest BCUT2D eigenvalue weighted by atomic mass is 10.1. The minimum absolute atomic E-state index is 0. The first-order valence-electron chi connectivity index (χ1n) is 5.76. The van der Waals surface area contributed by atoms with Crippen LogP contribution in [-0.2, 0) is 0 Å². The summed E-state index contributed by atoms with van der Waals surface area (Å²) >= 11 is 13.6. The molecule has 1 aromatic carbocycles. The number of likely N-dealkylation sites (tertiary alicyclic amines) is 1. The quantitative estimate of drug-likeness (QED) is 0.783. The number of rotatable bonds is 2. The maximum atomic E-state index is 10.8. The van der Waals surface area contributed by atoms with Crippen molar-refractivity contribution < 1.29 is 27.2 Å². The third-order valence-electron chi connectivity index (χ3n) is 3.03. The highest BCUT2D eigenvalue weighted by Gasteiger charge is 2.27. The zero-order chi connectivity index (χ0) is 13.1. The van der Waals surface area contributed by atoms with Gasteiger partial charge in [-0.05, 0) is 18.2 Å². The van der Waals surface area contributed by atoms with E-state index in [1.54, 1.807) is 17.8 Å². The number of carboxylic acid groups (broad SMARTS) is 1. The molecule has 7 heteroatoms. The largest absolute Gasteiger partial charge is 1.00 e. The number of halogens is 3. The molecule has 1 aliphatic heterocycles. The van der Waals surface area contributed by atoms with Crippen molar-refractivity contribution >= 4 is 41.1 Å². The van der Waals surface area contributed by atoms with Crippen LogP contribution in [0.3, 0.4) is 0 Å². The van der Waals surface area contributed by atoms with E-state index in [-0.39, 0.29) is 12.4 Å². The Balaban J connectivity index is 0.00000180. The Hall–Kier alpha value is -0.130. The molecule has 3 nitrogen and oxygen atoms in total. The predicted octanol–water partition coefficient (Wildman–Crippen LogP) is -0.185. The van der Waals surface area contributed by atoms with Gasteiger partial charge in [-0.25, -0.2) is 4.90 Å². The maximum absolute atomic E-state index is 10.8. The summed E-state index contributed by atoms with van der Waals surface area (Å²) in [6, 6.07) is 5.62. The number of amides is 1. The molecule has 0 aliphatic carbocycles. The van der Waals surface area contributed by atoms with Crippen LogP contribution in [0.5, 0.6) is 0 Å². The predicted molar refractivity (Wildman–Crippen MR) is 74.1 cm³/mol. The highest BCUT2D eigenvalue weighted by atomic mass is 35.5. The third-order valence-corrected chi connectivity index (χ3v) is 5.10. The first kappa shape index (κ1) is 16.9. The van der Waals surface area contributed by atoms with Crippen molar-refractivity contribution in [3.63, 3.8) is 0 Å². The van der Waals surface area contributed by atoms with E-state index in [1.165, 1.54) is 0 Å². The van der Waals surface area contributed by atoms with E-state index >= 15 is 0 Å². The van der Waals surface area contributed by atoms with E-state index in [2.05, 4.69) is 0 Å². The van der Waals surface area contributed by atoms with E-state index < -0.39 is 6.09 Å². The lowest BCUT2D eigenvalue weighted by Gasteiger charge is -2.25. The number of quaternary nitrogens is 1. The van der Waals surface area contributed by atoms with Gasteiger partial charge in [0.05, 0.1) is 23.1 Å². The van der Waals surface area contributed by atoms with Crippen LogP contribution in [0.2, 0.25) is 10.0 Å². The molecule has 0 aromatic heterocycles. The summed E-state index contributed by atoms with van der Waals surface area (Å²) < 4.78 is 0. The second-order valence-corrected chi connectivity index (χ2v) is 6.49. The van der Waals surface area contributed by atoms with Gasteiger partial charge in [-0.1, -0.05) is 23.2 Å². The molecule has 1 amide bonds. The first-order valence-corrected chi connectivity index (χ1v) is 7.39. The van der Waals surface area contributed by atoms with E-state index in [9.17, 15) is 4.79 Å². The molecule has 0 bridgehead atoms. The van der Waals surface area contributed by atoms with Crippen LogP contribution in [0.4, 0.5) is 4.79 Å². The zero-order valence-corrected chi connectivity index (χ0v) is 13.1. The van der Waals surface area contributed by atoms with Gasteiger partial charge in [-0.15, -0.1) is 11.8 Å². The molecule has 1 aromatic rings. The molecule has 2 rings (SSSR count). The Morgan fingerprint density at radius 2 is 1.89 bits per heavy atom. The third kappa shape index (κ3) is 4.72. The smallest absolute Gasteiger partial charge is 0.511 e. The van der Waals surface area contributed by atoms with Crippen LogP contribution in [0.25, 0.3) is 0 Å². The molecular weight excluding hydrogens is 329 g/mol. The summed E-state index contributed by atoms with van der Waals surface area (Å²) in [4.78, 5) is 12.6. The molecule has 0 saturated carbocycles. The van der Waals surface area contributed by atoms with Crippen LogP contribution >= 0.6 is 35.0 Å². The van der Waals surface area contributed by atoms with Gasteiger partial charge in [-0.2, -0.15) is 4.79 Å². The van der Waals surface area contributed by atoms with Crippen molar-refractivity contribution in [1.29, 1.82) is 0 Å². The van der Waals surface area contributed by atoms with Crippen molar-refractivity contribution in [3.8, 4) is 0 Å². The normalized spacial score (nSPS) is 22.6. The molecule has 0 spiro atoms. The molecule has 0 atom stereocenters. The fourth-order valence-corrected chi connectivity index (χ4v) is 3.57. The summed E-state index contributed by atoms with van der Waals surface area (Å²) in [5.41, 5.74) is 0. The molecule has 1 fully saturated rings. The van der Waals surface area contributed by atoms with E-state index in [4.69, 9.17) is 28.3 Å². The zero-order valence-electron chi connectivity index (χ0n) is 10.0. The standard InChI is InChI=1S/C12H13Cl2NO2S.ClH/c13-10-2-1-9(7-11(10)14)18-8-3-5-15(6-4-8)12(16)17;/h1-2,7-8H,3-6H2,(H,16,17);1H. The van der Waals surface area contributed by atoms with E-state index in [0.717, 1.165) is 17.7 Å². The Labute approximate surface area is 132 Å². The molecule has 1 heterocycles. The molecule has 0 radical (unpaired) electrons. The summed E-state index contributed by atoms with van der Waals surface area (Å²) in [5.74, 6) is 0. The second kappa shape index (κ2) is 7.60. The molecule has 0 unspecified atom stereocenters. The molecule has 1 saturated heterocycles. The number of thioether (sulfide) groups is 1. The van der Waals surface area contributed by atoms with Crippen molar-refractivity contribution in [2.75, 3.05) is 13.1 Å². The van der Waals surface area contributed by atoms with Crippen molar-refractivity contribution in [2.45, 2.75) is 23.0 Å². The van der Waals surface area contributed by atoms with Crippen molar-refractivity contribution in [1.82, 2.24) is 0 Å². The van der Waals surface area contributed by atoms with Crippen LogP contribution in [0.1, 0.15) is 12.8 Å². The number of piperidine rings is 1. The lowest BCUT2D eigenvalue weighted by Crippen LogP contribution is -3.15. The van der Waals surface area contributed by atoms with Crippen LogP contribution in [0, 0.1) is 0 Å². The average molecular weight is 343 g/mol. The second-order valence-electron chi connectivity index (χ2n) is 4.30. The Bertz CT molecular complexity index is 451. The minimum Gasteiger partial charge on any atom is -1.00 e. The summed E-state index contributed by atoms with van der Waals surface area (Å²) in [6.07, 6.45) is 1.08. The fraction of sp³-hybridized carbons (Fsp3) is 0.417. The van der Waals surface area contributed by atoms with Crippen LogP contribution < -0.4 is 17.3 Å². The van der Waals surface area contributed by atoms with Gasteiger partial charge in [0.15, 0.2) is 0 Å². The van der Waals surface area contributed by atoms with Gasteiger partial charge >= 0.3 is 6.09 Å². The topological polar surface area (TPSA) is 41.7 Å². The minimum atomic E-state index is -0.743. The molecule has 2 N–H and O–H groups in total. The summed E-state index contributed by atoms with van der Waals surface area (Å²) in [5, 5.41) is 10.5. The SMILES string of the molecule is O=C(O)[NH+]1CCC(Sc2ccc(Cl)c(Cl)c2)CC1.[Cl-]. The maximum Gasteiger partial charge on any atom is 0.511 e.